The molecule has 0 aliphatic heterocycles. The molecule has 2 saturated carbocycles. The lowest BCUT2D eigenvalue weighted by Gasteiger charge is -2.22. The molecule has 0 N–H and O–H groups in total. The number of hydrogen-bond donors (Lipinski definition) is 0. The van der Waals surface area contributed by atoms with E-state index in [-0.39, 0.29) is 11.5 Å². The minimum Gasteiger partial charge on any atom is -0.490 e. The number of benzene rings is 2. The van der Waals surface area contributed by atoms with Gasteiger partial charge in [0.15, 0.2) is 0 Å². The number of pyridine rings is 1. The van der Waals surface area contributed by atoms with E-state index in [1.54, 1.807) is 31.4 Å². The Morgan fingerprint density at radius 2 is 1.89 bits per heavy atom. The summed E-state index contributed by atoms with van der Waals surface area (Å²) in [5.74, 6) is 0.875. The maximum Gasteiger partial charge on any atom is 0.242 e. The van der Waals surface area contributed by atoms with Gasteiger partial charge in [0, 0.05) is 42.1 Å². The molecule has 0 unspecified atom stereocenters. The van der Waals surface area contributed by atoms with E-state index in [0.717, 1.165) is 54.5 Å². The lowest BCUT2D eigenvalue weighted by Crippen LogP contribution is -2.27. The molecule has 0 atom stereocenters. The number of hydrogen-bond acceptors (Lipinski definition) is 5. The number of para-hydroxylation sites is 1. The number of sulfonamides is 1. The molecule has 190 valence electrons. The summed E-state index contributed by atoms with van der Waals surface area (Å²) in [7, 11) is -1.99. The third-order valence-electron chi connectivity index (χ3n) is 6.78. The fourth-order valence-corrected chi connectivity index (χ4v) is 5.89. The second-order valence-corrected chi connectivity index (χ2v) is 12.0. The molecule has 3 aromatic rings. The number of nitrogens with zero attached hydrogens (tertiary/aromatic N) is 2. The second-order valence-electron chi connectivity index (χ2n) is 9.60. The van der Waals surface area contributed by atoms with Gasteiger partial charge in [-0.1, -0.05) is 36.7 Å². The fraction of sp³-hybridized carbons (Fsp3) is 0.393. The Bertz CT molecular complexity index is 1350. The van der Waals surface area contributed by atoms with Crippen LogP contribution in [0.25, 0.3) is 11.1 Å². The van der Waals surface area contributed by atoms with E-state index >= 15 is 0 Å². The molecule has 1 heterocycles. The van der Waals surface area contributed by atoms with Gasteiger partial charge < -0.3 is 9.47 Å². The standard InChI is InChI=1S/C28H31ClN2O4S/c1-3-16-31(2)36(32,33)22-10-11-26(29)20(17-22)19-34-28(13-14-28)25-18-30-15-12-23(25)24-6-4-5-7-27(24)35-21-8-9-21/h4-7,10-12,15,17-18,21H,3,8-9,13-14,16,19H2,1-2H3. The minimum atomic E-state index is -3.59. The van der Waals surface area contributed by atoms with Crippen molar-refractivity contribution in [3.8, 4) is 16.9 Å². The normalized spacial score (nSPS) is 16.8. The quantitative estimate of drug-likeness (QED) is 0.298. The summed E-state index contributed by atoms with van der Waals surface area (Å²) in [5, 5.41) is 0.484. The summed E-state index contributed by atoms with van der Waals surface area (Å²) in [5.41, 5.74) is 3.24. The highest BCUT2D eigenvalue weighted by Crippen LogP contribution is 2.53. The molecule has 2 fully saturated rings. The van der Waals surface area contributed by atoms with E-state index in [9.17, 15) is 8.42 Å². The number of ether oxygens (including phenoxy) is 2. The highest BCUT2D eigenvalue weighted by molar-refractivity contribution is 7.89. The van der Waals surface area contributed by atoms with Crippen molar-refractivity contribution >= 4 is 21.6 Å². The van der Waals surface area contributed by atoms with E-state index in [1.165, 1.54) is 4.31 Å². The molecule has 0 spiro atoms. The molecule has 0 radical (unpaired) electrons. The van der Waals surface area contributed by atoms with Crippen LogP contribution in [0.5, 0.6) is 5.75 Å². The lowest BCUT2D eigenvalue weighted by atomic mass is 9.96. The Morgan fingerprint density at radius 1 is 1.11 bits per heavy atom. The van der Waals surface area contributed by atoms with Crippen molar-refractivity contribution in [3.63, 3.8) is 0 Å². The maximum atomic E-state index is 13.0. The largest absolute Gasteiger partial charge is 0.490 e. The summed E-state index contributed by atoms with van der Waals surface area (Å²) >= 11 is 6.47. The molecule has 0 bridgehead atoms. The summed E-state index contributed by atoms with van der Waals surface area (Å²) in [6.45, 7) is 2.61. The fourth-order valence-electron chi connectivity index (χ4n) is 4.41. The van der Waals surface area contributed by atoms with Crippen LogP contribution in [0.2, 0.25) is 5.02 Å². The Hall–Kier alpha value is -2.45. The van der Waals surface area contributed by atoms with Gasteiger partial charge in [-0.05, 0) is 73.6 Å². The minimum absolute atomic E-state index is 0.203. The first-order chi connectivity index (χ1) is 17.3. The van der Waals surface area contributed by atoms with E-state index in [0.29, 0.717) is 23.2 Å². The molecule has 5 rings (SSSR count). The van der Waals surface area contributed by atoms with Gasteiger partial charge in [-0.3, -0.25) is 4.98 Å². The van der Waals surface area contributed by atoms with Crippen LogP contribution in [-0.2, 0) is 27.0 Å². The molecule has 1 aromatic heterocycles. The zero-order chi connectivity index (χ0) is 25.3. The molecule has 6 nitrogen and oxygen atoms in total. The van der Waals surface area contributed by atoms with Crippen LogP contribution in [0.4, 0.5) is 0 Å². The van der Waals surface area contributed by atoms with Gasteiger partial charge in [0.2, 0.25) is 10.0 Å². The van der Waals surface area contributed by atoms with Gasteiger partial charge in [0.1, 0.15) is 5.75 Å². The first-order valence-corrected chi connectivity index (χ1v) is 14.2. The van der Waals surface area contributed by atoms with Gasteiger partial charge in [-0.15, -0.1) is 0 Å². The van der Waals surface area contributed by atoms with Gasteiger partial charge in [-0.25, -0.2) is 12.7 Å². The molecule has 2 aliphatic carbocycles. The van der Waals surface area contributed by atoms with Crippen LogP contribution in [0.15, 0.2) is 65.8 Å². The van der Waals surface area contributed by atoms with E-state index in [1.807, 2.05) is 37.4 Å². The van der Waals surface area contributed by atoms with Crippen molar-refractivity contribution < 1.29 is 17.9 Å². The van der Waals surface area contributed by atoms with E-state index in [2.05, 4.69) is 11.1 Å². The van der Waals surface area contributed by atoms with Gasteiger partial charge in [-0.2, -0.15) is 0 Å². The van der Waals surface area contributed by atoms with Crippen LogP contribution < -0.4 is 4.74 Å². The average Bonchev–Trinajstić information content (AvgIpc) is 3.81. The first kappa shape index (κ1) is 25.2. The molecule has 0 saturated heterocycles. The topological polar surface area (TPSA) is 68.7 Å². The number of rotatable bonds is 11. The third-order valence-corrected chi connectivity index (χ3v) is 9.00. The van der Waals surface area contributed by atoms with Crippen LogP contribution in [-0.4, -0.2) is 37.4 Å². The van der Waals surface area contributed by atoms with Crippen molar-refractivity contribution in [2.75, 3.05) is 13.6 Å². The molecule has 0 amide bonds. The maximum absolute atomic E-state index is 13.0. The van der Waals surface area contributed by atoms with Crippen LogP contribution in [0, 0.1) is 0 Å². The molecule has 36 heavy (non-hydrogen) atoms. The van der Waals surface area contributed by atoms with Crippen molar-refractivity contribution in [2.45, 2.75) is 62.2 Å². The van der Waals surface area contributed by atoms with Crippen molar-refractivity contribution in [2.24, 2.45) is 0 Å². The number of aromatic nitrogens is 1. The zero-order valence-corrected chi connectivity index (χ0v) is 22.2. The zero-order valence-electron chi connectivity index (χ0n) is 20.6. The van der Waals surface area contributed by atoms with E-state index < -0.39 is 15.6 Å². The highest BCUT2D eigenvalue weighted by atomic mass is 35.5. The summed E-state index contributed by atoms with van der Waals surface area (Å²) in [6, 6.07) is 14.9. The van der Waals surface area contributed by atoms with Gasteiger partial charge in [0.25, 0.3) is 0 Å². The predicted octanol–water partition coefficient (Wildman–Crippen LogP) is 6.18. The SMILES string of the molecule is CCCN(C)S(=O)(=O)c1ccc(Cl)c(COC2(c3cnccc3-c3ccccc3OC3CC3)CC2)c1. The van der Waals surface area contributed by atoms with Crippen LogP contribution >= 0.6 is 11.6 Å². The van der Waals surface area contributed by atoms with Crippen LogP contribution in [0.3, 0.4) is 0 Å². The average molecular weight is 527 g/mol. The van der Waals surface area contributed by atoms with Gasteiger partial charge in [0.05, 0.1) is 23.2 Å². The molecule has 2 aromatic carbocycles. The molecular formula is C28H31ClN2O4S. The number of halogens is 1. The molecular weight excluding hydrogens is 496 g/mol. The lowest BCUT2D eigenvalue weighted by molar-refractivity contribution is 0.0173. The van der Waals surface area contributed by atoms with Crippen molar-refractivity contribution in [3.05, 3.63) is 77.1 Å². The van der Waals surface area contributed by atoms with Crippen molar-refractivity contribution in [1.82, 2.24) is 9.29 Å². The third kappa shape index (κ3) is 5.16. The van der Waals surface area contributed by atoms with Crippen molar-refractivity contribution in [1.29, 1.82) is 0 Å². The van der Waals surface area contributed by atoms with Crippen LogP contribution in [0.1, 0.15) is 50.2 Å². The Kier molecular flexibility index (Phi) is 7.10. The first-order valence-electron chi connectivity index (χ1n) is 12.4. The van der Waals surface area contributed by atoms with E-state index in [4.69, 9.17) is 21.1 Å². The summed E-state index contributed by atoms with van der Waals surface area (Å²) in [6.07, 6.45) is 8.59. The Labute approximate surface area is 218 Å². The highest BCUT2D eigenvalue weighted by Gasteiger charge is 2.48. The molecule has 8 heteroatoms. The Balaban J connectivity index is 1.41. The van der Waals surface area contributed by atoms with Gasteiger partial charge >= 0.3 is 0 Å². The summed E-state index contributed by atoms with van der Waals surface area (Å²) in [4.78, 5) is 4.63. The molecule has 2 aliphatic rings. The summed E-state index contributed by atoms with van der Waals surface area (Å²) < 4.78 is 40.0. The smallest absolute Gasteiger partial charge is 0.242 e. The second kappa shape index (κ2) is 10.1. The Morgan fingerprint density at radius 3 is 2.61 bits per heavy atom. The monoisotopic (exact) mass is 526 g/mol. The predicted molar refractivity (Wildman–Crippen MR) is 141 cm³/mol.